The number of fused-ring (bicyclic) bond motifs is 1. The molecule has 1 atom stereocenters. The van der Waals surface area contributed by atoms with Crippen LogP contribution in [-0.4, -0.2) is 22.7 Å². The maximum atomic E-state index is 10.5. The van der Waals surface area contributed by atoms with Gasteiger partial charge in [0.1, 0.15) is 0 Å². The molecule has 4 nitrogen and oxygen atoms in total. The summed E-state index contributed by atoms with van der Waals surface area (Å²) in [6.45, 7) is 2.56. The predicted octanol–water partition coefficient (Wildman–Crippen LogP) is 3.07. The highest BCUT2D eigenvalue weighted by Crippen LogP contribution is 2.16. The lowest BCUT2D eigenvalue weighted by molar-refractivity contribution is 0.192. The van der Waals surface area contributed by atoms with E-state index in [-0.39, 0.29) is 0 Å². The van der Waals surface area contributed by atoms with Gasteiger partial charge < -0.3 is 10.4 Å². The Balaban J connectivity index is 2.08. The van der Waals surface area contributed by atoms with Gasteiger partial charge in [0.25, 0.3) is 0 Å². The van der Waals surface area contributed by atoms with Crippen LogP contribution in [0.1, 0.15) is 18.9 Å². The molecule has 0 spiro atoms. The average Bonchev–Trinajstić information content (AvgIpc) is 2.43. The molecule has 0 fully saturated rings. The molecular formula is C15H18N2O2. The minimum absolute atomic E-state index is 0.305. The van der Waals surface area contributed by atoms with Crippen LogP contribution in [0.4, 0.5) is 4.79 Å². The largest absolute Gasteiger partial charge is 0.465 e. The predicted molar refractivity (Wildman–Crippen MR) is 75.3 cm³/mol. The number of aromatic nitrogens is 1. The van der Waals surface area contributed by atoms with Gasteiger partial charge in [0.15, 0.2) is 0 Å². The van der Waals surface area contributed by atoms with Gasteiger partial charge in [-0.25, -0.2) is 4.79 Å². The Morgan fingerprint density at radius 1 is 1.42 bits per heavy atom. The number of hydrogen-bond donors (Lipinski definition) is 2. The van der Waals surface area contributed by atoms with E-state index < -0.39 is 6.09 Å². The van der Waals surface area contributed by atoms with Crippen LogP contribution >= 0.6 is 0 Å². The zero-order chi connectivity index (χ0) is 13.7. The second-order valence-electron chi connectivity index (χ2n) is 4.70. The van der Waals surface area contributed by atoms with Gasteiger partial charge in [-0.15, -0.1) is 0 Å². The van der Waals surface area contributed by atoms with Gasteiger partial charge in [-0.05, 0) is 30.0 Å². The van der Waals surface area contributed by atoms with Crippen molar-refractivity contribution in [2.24, 2.45) is 5.92 Å². The number of benzene rings is 1. The number of carbonyl (C=O) groups is 1. The SMILES string of the molecule is CCC(CNC(=O)O)Cc1cnc2ccccc2c1. The van der Waals surface area contributed by atoms with Crippen molar-refractivity contribution in [1.82, 2.24) is 10.3 Å². The van der Waals surface area contributed by atoms with Crippen molar-refractivity contribution in [1.29, 1.82) is 0 Å². The van der Waals surface area contributed by atoms with Gasteiger partial charge in [-0.2, -0.15) is 0 Å². The van der Waals surface area contributed by atoms with Gasteiger partial charge in [0.05, 0.1) is 5.52 Å². The number of pyridine rings is 1. The molecule has 1 aromatic heterocycles. The fourth-order valence-electron chi connectivity index (χ4n) is 2.15. The number of para-hydroxylation sites is 1. The Kier molecular flexibility index (Phi) is 4.34. The molecule has 0 radical (unpaired) electrons. The molecule has 2 N–H and O–H groups in total. The number of rotatable bonds is 5. The summed E-state index contributed by atoms with van der Waals surface area (Å²) >= 11 is 0. The van der Waals surface area contributed by atoms with Crippen LogP contribution in [0.3, 0.4) is 0 Å². The molecule has 0 saturated carbocycles. The summed E-state index contributed by atoms with van der Waals surface area (Å²) in [5, 5.41) is 12.2. The second kappa shape index (κ2) is 6.18. The minimum atomic E-state index is -0.963. The van der Waals surface area contributed by atoms with E-state index in [1.165, 1.54) is 0 Å². The van der Waals surface area contributed by atoms with E-state index in [1.807, 2.05) is 30.5 Å². The number of amides is 1. The molecule has 0 bridgehead atoms. The summed E-state index contributed by atoms with van der Waals surface area (Å²) in [5.74, 6) is 0.305. The fraction of sp³-hybridized carbons (Fsp3) is 0.333. The molecule has 1 aromatic carbocycles. The van der Waals surface area contributed by atoms with Crippen molar-refractivity contribution in [3.05, 3.63) is 42.1 Å². The van der Waals surface area contributed by atoms with Crippen LogP contribution in [0.5, 0.6) is 0 Å². The molecule has 2 rings (SSSR count). The summed E-state index contributed by atoms with van der Waals surface area (Å²) in [6, 6.07) is 10.1. The third-order valence-corrected chi connectivity index (χ3v) is 3.29. The van der Waals surface area contributed by atoms with Gasteiger partial charge >= 0.3 is 6.09 Å². The van der Waals surface area contributed by atoms with E-state index in [1.54, 1.807) is 0 Å². The van der Waals surface area contributed by atoms with E-state index in [0.717, 1.165) is 29.3 Å². The topological polar surface area (TPSA) is 62.2 Å². The summed E-state index contributed by atoms with van der Waals surface area (Å²) in [5.41, 5.74) is 2.14. The van der Waals surface area contributed by atoms with Crippen LogP contribution in [0.25, 0.3) is 10.9 Å². The highest BCUT2D eigenvalue weighted by atomic mass is 16.4. The Bertz CT molecular complexity index is 569. The third-order valence-electron chi connectivity index (χ3n) is 3.29. The van der Waals surface area contributed by atoms with Gasteiger partial charge in [0, 0.05) is 18.1 Å². The van der Waals surface area contributed by atoms with Crippen LogP contribution in [0, 0.1) is 5.92 Å². The van der Waals surface area contributed by atoms with Crippen LogP contribution < -0.4 is 5.32 Å². The molecule has 1 unspecified atom stereocenters. The highest BCUT2D eigenvalue weighted by molar-refractivity contribution is 5.78. The molecule has 2 aromatic rings. The molecule has 19 heavy (non-hydrogen) atoms. The standard InChI is InChI=1S/C15H18N2O2/c1-2-11(9-17-15(18)19)7-12-8-13-5-3-4-6-14(13)16-10-12/h3-6,8,10-11,17H,2,7,9H2,1H3,(H,18,19). The molecule has 1 amide bonds. The van der Waals surface area contributed by atoms with Crippen molar-refractivity contribution in [3.8, 4) is 0 Å². The molecule has 1 heterocycles. The molecule has 0 aliphatic rings. The number of nitrogens with zero attached hydrogens (tertiary/aromatic N) is 1. The quantitative estimate of drug-likeness (QED) is 0.866. The van der Waals surface area contributed by atoms with Gasteiger partial charge in [-0.3, -0.25) is 4.98 Å². The average molecular weight is 258 g/mol. The zero-order valence-corrected chi connectivity index (χ0v) is 11.0. The normalized spacial score (nSPS) is 12.3. The van der Waals surface area contributed by atoms with E-state index in [4.69, 9.17) is 5.11 Å². The van der Waals surface area contributed by atoms with E-state index in [9.17, 15) is 4.79 Å². The van der Waals surface area contributed by atoms with Gasteiger partial charge in [-0.1, -0.05) is 31.5 Å². The molecule has 0 saturated heterocycles. The lowest BCUT2D eigenvalue weighted by Crippen LogP contribution is -2.28. The fourth-order valence-corrected chi connectivity index (χ4v) is 2.15. The first-order valence-corrected chi connectivity index (χ1v) is 6.49. The summed E-state index contributed by atoms with van der Waals surface area (Å²) in [7, 11) is 0. The first-order valence-electron chi connectivity index (χ1n) is 6.49. The van der Waals surface area contributed by atoms with E-state index in [0.29, 0.717) is 12.5 Å². The van der Waals surface area contributed by atoms with Crippen molar-refractivity contribution in [3.63, 3.8) is 0 Å². The Hall–Kier alpha value is -2.10. The van der Waals surface area contributed by atoms with Gasteiger partial charge in [0.2, 0.25) is 0 Å². The Morgan fingerprint density at radius 2 is 2.21 bits per heavy atom. The number of nitrogens with one attached hydrogen (secondary N) is 1. The summed E-state index contributed by atoms with van der Waals surface area (Å²) in [6.07, 6.45) is 2.70. The summed E-state index contributed by atoms with van der Waals surface area (Å²) < 4.78 is 0. The molecule has 100 valence electrons. The second-order valence-corrected chi connectivity index (χ2v) is 4.70. The monoisotopic (exact) mass is 258 g/mol. The Morgan fingerprint density at radius 3 is 2.95 bits per heavy atom. The highest BCUT2D eigenvalue weighted by Gasteiger charge is 2.09. The molecular weight excluding hydrogens is 240 g/mol. The first-order chi connectivity index (χ1) is 9.19. The minimum Gasteiger partial charge on any atom is -0.465 e. The lowest BCUT2D eigenvalue weighted by Gasteiger charge is -2.14. The number of hydrogen-bond acceptors (Lipinski definition) is 2. The Labute approximate surface area is 112 Å². The number of carboxylic acid groups (broad SMARTS) is 1. The smallest absolute Gasteiger partial charge is 0.404 e. The van der Waals surface area contributed by atoms with Crippen LogP contribution in [-0.2, 0) is 6.42 Å². The lowest BCUT2D eigenvalue weighted by atomic mass is 9.97. The molecule has 4 heteroatoms. The van der Waals surface area contributed by atoms with Crippen molar-refractivity contribution < 1.29 is 9.90 Å². The maximum Gasteiger partial charge on any atom is 0.404 e. The summed E-state index contributed by atoms with van der Waals surface area (Å²) in [4.78, 5) is 15.0. The van der Waals surface area contributed by atoms with E-state index in [2.05, 4.69) is 23.3 Å². The molecule has 0 aliphatic carbocycles. The molecule has 0 aliphatic heterocycles. The first kappa shape index (κ1) is 13.3. The maximum absolute atomic E-state index is 10.5. The van der Waals surface area contributed by atoms with Crippen LogP contribution in [0.2, 0.25) is 0 Å². The van der Waals surface area contributed by atoms with Crippen molar-refractivity contribution in [2.45, 2.75) is 19.8 Å². The van der Waals surface area contributed by atoms with Crippen molar-refractivity contribution in [2.75, 3.05) is 6.54 Å². The van der Waals surface area contributed by atoms with Crippen LogP contribution in [0.15, 0.2) is 36.5 Å². The van der Waals surface area contributed by atoms with E-state index >= 15 is 0 Å². The third kappa shape index (κ3) is 3.68. The van der Waals surface area contributed by atoms with Crippen molar-refractivity contribution >= 4 is 17.0 Å². The zero-order valence-electron chi connectivity index (χ0n) is 11.0.